The van der Waals surface area contributed by atoms with Crippen LogP contribution in [0.4, 0.5) is 11.4 Å². The van der Waals surface area contributed by atoms with Gasteiger partial charge in [0.1, 0.15) is 11.5 Å². The van der Waals surface area contributed by atoms with Crippen molar-refractivity contribution in [1.29, 1.82) is 0 Å². The molecule has 166 valence electrons. The molecule has 0 unspecified atom stereocenters. The number of fused-ring (bicyclic) bond motifs is 1. The van der Waals surface area contributed by atoms with Gasteiger partial charge in [-0.05, 0) is 35.4 Å². The Morgan fingerprint density at radius 2 is 1.12 bits per heavy atom. The van der Waals surface area contributed by atoms with E-state index >= 15 is 0 Å². The van der Waals surface area contributed by atoms with Crippen LogP contribution >= 0.6 is 0 Å². The first-order valence-corrected chi connectivity index (χ1v) is 11.3. The first-order valence-electron chi connectivity index (χ1n) is 11.3. The minimum Gasteiger partial charge on any atom is -0.273 e. The zero-order chi connectivity index (χ0) is 23.1. The zero-order valence-corrected chi connectivity index (χ0v) is 18.3. The fraction of sp³-hybridized carbons (Fsp3) is 0.103. The van der Waals surface area contributed by atoms with E-state index in [0.29, 0.717) is 5.69 Å². The average Bonchev–Trinajstić information content (AvgIpc) is 3.37. The van der Waals surface area contributed by atoms with Crippen molar-refractivity contribution in [3.8, 4) is 0 Å². The van der Waals surface area contributed by atoms with Crippen LogP contribution in [0.2, 0.25) is 0 Å². The number of hydrogen-bond donors (Lipinski definition) is 0. The number of nitrogens with zero attached hydrogens (tertiary/aromatic N) is 2. The lowest BCUT2D eigenvalue weighted by molar-refractivity contribution is -0.126. The van der Waals surface area contributed by atoms with E-state index in [-0.39, 0.29) is 11.8 Å². The summed E-state index contributed by atoms with van der Waals surface area (Å²) >= 11 is 0. The molecular weight excluding hydrogens is 424 g/mol. The standard InChI is InChI=1S/C29H22N2O3/c32-27-26-29(22-15-7-2-8-16-22,28(33)30(27)23-17-9-3-10-18-23)25(21-13-5-1-6-14-21)31(34-26)24-19-11-4-12-20-24/h1-20,25-26H/t25-,26+,29-/m0/s1. The minimum atomic E-state index is -1.26. The first-order chi connectivity index (χ1) is 16.7. The number of benzene rings is 4. The van der Waals surface area contributed by atoms with Crippen LogP contribution in [0.1, 0.15) is 17.2 Å². The van der Waals surface area contributed by atoms with Crippen LogP contribution in [0.25, 0.3) is 0 Å². The van der Waals surface area contributed by atoms with Crippen LogP contribution in [-0.2, 0) is 19.8 Å². The Morgan fingerprint density at radius 3 is 1.71 bits per heavy atom. The van der Waals surface area contributed by atoms with E-state index in [2.05, 4.69) is 0 Å². The van der Waals surface area contributed by atoms with Gasteiger partial charge in [0.05, 0.1) is 11.4 Å². The zero-order valence-electron chi connectivity index (χ0n) is 18.3. The fourth-order valence-corrected chi connectivity index (χ4v) is 5.24. The third-order valence-corrected chi connectivity index (χ3v) is 6.69. The van der Waals surface area contributed by atoms with Crippen LogP contribution < -0.4 is 9.96 Å². The summed E-state index contributed by atoms with van der Waals surface area (Å²) in [6, 6.07) is 37.5. The number of imide groups is 1. The van der Waals surface area contributed by atoms with Crippen molar-refractivity contribution >= 4 is 23.2 Å². The van der Waals surface area contributed by atoms with E-state index in [4.69, 9.17) is 4.84 Å². The van der Waals surface area contributed by atoms with Crippen molar-refractivity contribution in [3.05, 3.63) is 132 Å². The van der Waals surface area contributed by atoms with Gasteiger partial charge in [0.15, 0.2) is 6.10 Å². The molecule has 0 N–H and O–H groups in total. The third-order valence-electron chi connectivity index (χ3n) is 6.69. The Kier molecular flexibility index (Phi) is 4.78. The summed E-state index contributed by atoms with van der Waals surface area (Å²) in [6.07, 6.45) is -1.01. The van der Waals surface area contributed by atoms with Crippen molar-refractivity contribution in [2.45, 2.75) is 17.6 Å². The topological polar surface area (TPSA) is 49.9 Å². The summed E-state index contributed by atoms with van der Waals surface area (Å²) in [4.78, 5) is 36.1. The number of para-hydroxylation sites is 2. The molecule has 0 bridgehead atoms. The van der Waals surface area contributed by atoms with Crippen LogP contribution in [0.5, 0.6) is 0 Å². The molecule has 5 nitrogen and oxygen atoms in total. The van der Waals surface area contributed by atoms with Crippen LogP contribution in [0, 0.1) is 0 Å². The molecule has 0 spiro atoms. The number of anilines is 2. The van der Waals surface area contributed by atoms with Crippen LogP contribution in [0.15, 0.2) is 121 Å². The molecule has 0 aliphatic carbocycles. The van der Waals surface area contributed by atoms with Crippen LogP contribution in [0.3, 0.4) is 0 Å². The summed E-state index contributed by atoms with van der Waals surface area (Å²) in [5.74, 6) is -0.647. The van der Waals surface area contributed by atoms with Gasteiger partial charge >= 0.3 is 0 Å². The first kappa shape index (κ1) is 20.4. The Balaban J connectivity index is 1.62. The van der Waals surface area contributed by atoms with Gasteiger partial charge in [0.2, 0.25) is 5.91 Å². The van der Waals surface area contributed by atoms with Crippen molar-refractivity contribution in [2.75, 3.05) is 9.96 Å². The Hall–Kier alpha value is -4.22. The predicted octanol–water partition coefficient (Wildman–Crippen LogP) is 5.06. The quantitative estimate of drug-likeness (QED) is 0.411. The molecule has 2 fully saturated rings. The van der Waals surface area contributed by atoms with Gasteiger partial charge in [-0.25, -0.2) is 9.96 Å². The highest BCUT2D eigenvalue weighted by Gasteiger charge is 2.72. The summed E-state index contributed by atoms with van der Waals surface area (Å²) in [7, 11) is 0. The van der Waals surface area contributed by atoms with Gasteiger partial charge in [0.25, 0.3) is 5.91 Å². The molecule has 2 aliphatic rings. The normalized spacial score (nSPS) is 23.9. The Morgan fingerprint density at radius 1 is 0.618 bits per heavy atom. The number of hydrogen-bond acceptors (Lipinski definition) is 4. The average molecular weight is 447 g/mol. The highest BCUT2D eigenvalue weighted by Crippen LogP contribution is 2.57. The Bertz CT molecular complexity index is 1330. The van der Waals surface area contributed by atoms with Crippen LogP contribution in [-0.4, -0.2) is 17.9 Å². The molecule has 4 aromatic carbocycles. The van der Waals surface area contributed by atoms with Crippen molar-refractivity contribution < 1.29 is 14.4 Å². The molecule has 0 radical (unpaired) electrons. The molecule has 2 aliphatic heterocycles. The predicted molar refractivity (Wildman–Crippen MR) is 130 cm³/mol. The molecule has 4 aromatic rings. The smallest absolute Gasteiger partial charge is 0.267 e. The number of hydroxylamine groups is 1. The number of rotatable bonds is 4. The Labute approximate surface area is 197 Å². The minimum absolute atomic E-state index is 0.285. The lowest BCUT2D eigenvalue weighted by Crippen LogP contribution is -2.46. The van der Waals surface area contributed by atoms with Crippen molar-refractivity contribution in [1.82, 2.24) is 0 Å². The van der Waals surface area contributed by atoms with Crippen molar-refractivity contribution in [3.63, 3.8) is 0 Å². The lowest BCUT2D eigenvalue weighted by atomic mass is 9.69. The van der Waals surface area contributed by atoms with Gasteiger partial charge < -0.3 is 0 Å². The largest absolute Gasteiger partial charge is 0.273 e. The molecule has 0 saturated carbocycles. The maximum atomic E-state index is 14.5. The summed E-state index contributed by atoms with van der Waals surface area (Å²) in [5, 5.41) is 1.74. The van der Waals surface area contributed by atoms with E-state index in [1.165, 1.54) is 4.90 Å². The molecule has 2 heterocycles. The second-order valence-electron chi connectivity index (χ2n) is 8.51. The van der Waals surface area contributed by atoms with Gasteiger partial charge in [-0.15, -0.1) is 0 Å². The molecular formula is C29H22N2O3. The lowest BCUT2D eigenvalue weighted by Gasteiger charge is -2.35. The number of carbonyl (C=O) groups is 2. The maximum absolute atomic E-state index is 14.5. The van der Waals surface area contributed by atoms with Gasteiger partial charge in [-0.2, -0.15) is 0 Å². The van der Waals surface area contributed by atoms with E-state index in [1.54, 1.807) is 17.2 Å². The fourth-order valence-electron chi connectivity index (χ4n) is 5.24. The molecule has 2 saturated heterocycles. The van der Waals surface area contributed by atoms with Gasteiger partial charge in [0, 0.05) is 0 Å². The molecule has 2 amide bonds. The SMILES string of the molecule is O=C1[C@H]2ON(c3ccccc3)[C@@H](c3ccccc3)[C@]2(c2ccccc2)C(=O)N1c1ccccc1. The van der Waals surface area contributed by atoms with Gasteiger partial charge in [-0.1, -0.05) is 97.1 Å². The van der Waals surface area contributed by atoms with E-state index in [0.717, 1.165) is 16.8 Å². The summed E-state index contributed by atoms with van der Waals surface area (Å²) < 4.78 is 0. The number of amides is 2. The second kappa shape index (κ2) is 7.97. The highest BCUT2D eigenvalue weighted by atomic mass is 16.7. The van der Waals surface area contributed by atoms with Gasteiger partial charge in [-0.3, -0.25) is 14.4 Å². The highest BCUT2D eigenvalue weighted by molar-refractivity contribution is 6.28. The third kappa shape index (κ3) is 2.84. The van der Waals surface area contributed by atoms with E-state index < -0.39 is 17.6 Å². The second-order valence-corrected chi connectivity index (χ2v) is 8.51. The number of carbonyl (C=O) groups excluding carboxylic acids is 2. The monoisotopic (exact) mass is 446 g/mol. The summed E-state index contributed by atoms with van der Waals surface area (Å²) in [6.45, 7) is 0. The van der Waals surface area contributed by atoms with E-state index in [1.807, 2.05) is 109 Å². The maximum Gasteiger partial charge on any atom is 0.267 e. The molecule has 34 heavy (non-hydrogen) atoms. The molecule has 3 atom stereocenters. The van der Waals surface area contributed by atoms with Crippen molar-refractivity contribution in [2.24, 2.45) is 0 Å². The van der Waals surface area contributed by atoms with E-state index in [9.17, 15) is 9.59 Å². The molecule has 5 heteroatoms. The molecule has 0 aromatic heterocycles. The summed E-state index contributed by atoms with van der Waals surface area (Å²) in [5.41, 5.74) is 1.72. The molecule has 6 rings (SSSR count).